The van der Waals surface area contributed by atoms with Gasteiger partial charge in [-0.25, -0.2) is 0 Å². The van der Waals surface area contributed by atoms with E-state index in [4.69, 9.17) is 0 Å². The number of aryl methyl sites for hydroxylation is 1. The maximum atomic E-state index is 2.49. The number of hydrogen-bond donors (Lipinski definition) is 0. The highest BCUT2D eigenvalue weighted by Gasteiger charge is 2.47. The molecule has 0 heterocycles. The molecule has 0 atom stereocenters. The average molecular weight is 717 g/mol. The first-order valence-corrected chi connectivity index (χ1v) is 19.4. The SMILES string of the molecule is Cc1ccc(N(c2ccccc2)c2ccc3c(c2)C(c2ccccc2)(c2ccccc2)c2cc(N(c4ccccc4)c4ccccc4)c4ccccc4c2-3)cc1. The molecule has 0 saturated heterocycles. The Kier molecular flexibility index (Phi) is 8.30. The molecule has 9 aromatic carbocycles. The maximum Gasteiger partial charge on any atom is 0.0715 e. The summed E-state index contributed by atoms with van der Waals surface area (Å²) in [5.74, 6) is 0. The van der Waals surface area contributed by atoms with Crippen molar-refractivity contribution in [2.24, 2.45) is 0 Å². The molecule has 9 aromatic rings. The van der Waals surface area contributed by atoms with Crippen LogP contribution in [0.2, 0.25) is 0 Å². The van der Waals surface area contributed by atoms with Gasteiger partial charge < -0.3 is 9.80 Å². The monoisotopic (exact) mass is 716 g/mol. The number of benzene rings is 9. The molecule has 0 bridgehead atoms. The van der Waals surface area contributed by atoms with E-state index in [0.717, 1.165) is 34.1 Å². The van der Waals surface area contributed by atoms with Crippen LogP contribution in [-0.4, -0.2) is 0 Å². The fourth-order valence-corrected chi connectivity index (χ4v) is 8.94. The average Bonchev–Trinajstić information content (AvgIpc) is 3.57. The molecule has 2 heteroatoms. The van der Waals surface area contributed by atoms with Crippen molar-refractivity contribution in [2.75, 3.05) is 9.80 Å². The second-order valence-electron chi connectivity index (χ2n) is 14.6. The van der Waals surface area contributed by atoms with Crippen molar-refractivity contribution in [1.82, 2.24) is 0 Å². The number of hydrogen-bond acceptors (Lipinski definition) is 2. The Morgan fingerprint density at radius 3 is 1.30 bits per heavy atom. The van der Waals surface area contributed by atoms with E-state index in [0.29, 0.717) is 0 Å². The van der Waals surface area contributed by atoms with Crippen LogP contribution in [0.25, 0.3) is 21.9 Å². The molecule has 0 N–H and O–H groups in total. The van der Waals surface area contributed by atoms with E-state index >= 15 is 0 Å². The van der Waals surface area contributed by atoms with Gasteiger partial charge >= 0.3 is 0 Å². The molecule has 0 spiro atoms. The number of anilines is 6. The van der Waals surface area contributed by atoms with Crippen LogP contribution in [0.15, 0.2) is 224 Å². The molecule has 1 aliphatic carbocycles. The Labute approximate surface area is 329 Å². The molecule has 0 unspecified atom stereocenters. The molecule has 266 valence electrons. The Morgan fingerprint density at radius 1 is 0.339 bits per heavy atom. The smallest absolute Gasteiger partial charge is 0.0715 e. The molecule has 0 aliphatic heterocycles. The van der Waals surface area contributed by atoms with Crippen molar-refractivity contribution >= 4 is 44.9 Å². The second-order valence-corrected chi connectivity index (χ2v) is 14.6. The van der Waals surface area contributed by atoms with Crippen molar-refractivity contribution in [3.05, 3.63) is 252 Å². The third-order valence-corrected chi connectivity index (χ3v) is 11.4. The lowest BCUT2D eigenvalue weighted by Crippen LogP contribution is -2.29. The van der Waals surface area contributed by atoms with Gasteiger partial charge in [0.25, 0.3) is 0 Å². The molecule has 0 amide bonds. The van der Waals surface area contributed by atoms with Crippen molar-refractivity contribution in [3.8, 4) is 11.1 Å². The molecule has 2 nitrogen and oxygen atoms in total. The van der Waals surface area contributed by atoms with Gasteiger partial charge in [-0.1, -0.05) is 163 Å². The minimum atomic E-state index is -0.628. The molecule has 0 fully saturated rings. The normalized spacial score (nSPS) is 12.5. The van der Waals surface area contributed by atoms with Crippen LogP contribution in [0.3, 0.4) is 0 Å². The Hall–Kier alpha value is -7.16. The fourth-order valence-electron chi connectivity index (χ4n) is 8.94. The maximum absolute atomic E-state index is 2.49. The van der Waals surface area contributed by atoms with Gasteiger partial charge in [0.2, 0.25) is 0 Å². The molecule has 1 aliphatic rings. The Bertz CT molecular complexity index is 2700. The van der Waals surface area contributed by atoms with Gasteiger partial charge in [0.05, 0.1) is 11.1 Å². The molecule has 0 radical (unpaired) electrons. The van der Waals surface area contributed by atoms with Crippen LogP contribution in [0, 0.1) is 6.92 Å². The highest BCUT2D eigenvalue weighted by atomic mass is 15.1. The predicted molar refractivity (Wildman–Crippen MR) is 235 cm³/mol. The largest absolute Gasteiger partial charge is 0.310 e. The van der Waals surface area contributed by atoms with Crippen molar-refractivity contribution < 1.29 is 0 Å². The summed E-state index contributed by atoms with van der Waals surface area (Å²) in [6, 6.07) is 82.0. The minimum absolute atomic E-state index is 0.628. The van der Waals surface area contributed by atoms with Gasteiger partial charge in [0, 0.05) is 33.8 Å². The minimum Gasteiger partial charge on any atom is -0.310 e. The molecule has 56 heavy (non-hydrogen) atoms. The summed E-state index contributed by atoms with van der Waals surface area (Å²) in [5, 5.41) is 2.44. The summed E-state index contributed by atoms with van der Waals surface area (Å²) in [7, 11) is 0. The van der Waals surface area contributed by atoms with Crippen LogP contribution >= 0.6 is 0 Å². The highest BCUT2D eigenvalue weighted by Crippen LogP contribution is 2.60. The lowest BCUT2D eigenvalue weighted by molar-refractivity contribution is 0.769. The van der Waals surface area contributed by atoms with Gasteiger partial charge in [0.1, 0.15) is 0 Å². The number of fused-ring (bicyclic) bond motifs is 5. The number of para-hydroxylation sites is 3. The summed E-state index contributed by atoms with van der Waals surface area (Å²) < 4.78 is 0. The van der Waals surface area contributed by atoms with Gasteiger partial charge in [-0.2, -0.15) is 0 Å². The first-order chi connectivity index (χ1) is 27.7. The lowest BCUT2D eigenvalue weighted by atomic mass is 9.67. The van der Waals surface area contributed by atoms with E-state index in [1.807, 2.05) is 0 Å². The van der Waals surface area contributed by atoms with E-state index in [-0.39, 0.29) is 0 Å². The second kappa shape index (κ2) is 13.9. The van der Waals surface area contributed by atoms with E-state index in [1.54, 1.807) is 0 Å². The first-order valence-electron chi connectivity index (χ1n) is 19.4. The first kappa shape index (κ1) is 33.4. The van der Waals surface area contributed by atoms with Crippen LogP contribution in [0.1, 0.15) is 27.8 Å². The molecular weight excluding hydrogens is 677 g/mol. The van der Waals surface area contributed by atoms with Gasteiger partial charge in [0.15, 0.2) is 0 Å². The van der Waals surface area contributed by atoms with Crippen LogP contribution in [0.5, 0.6) is 0 Å². The van der Waals surface area contributed by atoms with E-state index < -0.39 is 5.41 Å². The summed E-state index contributed by atoms with van der Waals surface area (Å²) >= 11 is 0. The highest BCUT2D eigenvalue weighted by molar-refractivity contribution is 6.11. The summed E-state index contributed by atoms with van der Waals surface area (Å²) in [6.45, 7) is 2.15. The standard InChI is InChI=1S/C54H40N2/c1-39-31-33-45(34-32-39)55(42-23-11-4-12-24-42)46-35-36-49-50(37-46)54(40-19-7-2-8-20-40,41-21-9-3-10-22-41)51-38-52(47-29-17-18-30-48(47)53(49)51)56(43-25-13-5-14-26-43)44-27-15-6-16-28-44/h2-38H,1H3. The van der Waals surface area contributed by atoms with E-state index in [2.05, 4.69) is 241 Å². The molecular formula is C54H40N2. The zero-order chi connectivity index (χ0) is 37.5. The van der Waals surface area contributed by atoms with Crippen molar-refractivity contribution in [1.29, 1.82) is 0 Å². The van der Waals surface area contributed by atoms with Crippen molar-refractivity contribution in [3.63, 3.8) is 0 Å². The van der Waals surface area contributed by atoms with Gasteiger partial charge in [-0.05, 0) is 112 Å². The van der Waals surface area contributed by atoms with Crippen LogP contribution in [-0.2, 0) is 5.41 Å². The van der Waals surface area contributed by atoms with E-state index in [9.17, 15) is 0 Å². The molecule has 10 rings (SSSR count). The quantitative estimate of drug-likeness (QED) is 0.154. The zero-order valence-electron chi connectivity index (χ0n) is 31.3. The number of rotatable bonds is 8. The Morgan fingerprint density at radius 2 is 0.768 bits per heavy atom. The van der Waals surface area contributed by atoms with Gasteiger partial charge in [-0.3, -0.25) is 0 Å². The van der Waals surface area contributed by atoms with Gasteiger partial charge in [-0.15, -0.1) is 0 Å². The topological polar surface area (TPSA) is 6.48 Å². The third kappa shape index (κ3) is 5.41. The molecule has 0 aromatic heterocycles. The van der Waals surface area contributed by atoms with E-state index in [1.165, 1.54) is 49.7 Å². The third-order valence-electron chi connectivity index (χ3n) is 11.4. The lowest BCUT2D eigenvalue weighted by Gasteiger charge is -2.36. The molecule has 0 saturated carbocycles. The Balaban J connectivity index is 1.33. The number of nitrogens with zero attached hydrogens (tertiary/aromatic N) is 2. The van der Waals surface area contributed by atoms with Crippen LogP contribution in [0.4, 0.5) is 34.1 Å². The van der Waals surface area contributed by atoms with Crippen molar-refractivity contribution in [2.45, 2.75) is 12.3 Å². The summed E-state index contributed by atoms with van der Waals surface area (Å²) in [6.07, 6.45) is 0. The predicted octanol–water partition coefficient (Wildman–Crippen LogP) is 14.5. The van der Waals surface area contributed by atoms with Crippen LogP contribution < -0.4 is 9.80 Å². The summed E-state index contributed by atoms with van der Waals surface area (Å²) in [4.78, 5) is 4.81. The zero-order valence-corrected chi connectivity index (χ0v) is 31.3. The summed E-state index contributed by atoms with van der Waals surface area (Å²) in [5.41, 5.74) is 14.9. The fraction of sp³-hybridized carbons (Fsp3) is 0.0370.